The third-order valence-electron chi connectivity index (χ3n) is 4.32. The first-order valence-corrected chi connectivity index (χ1v) is 8.08. The molecular weight excluding hydrogens is 299 g/mol. The molecule has 3 rings (SSSR count). The van der Waals surface area contributed by atoms with Crippen LogP contribution < -0.4 is 10.1 Å². The summed E-state index contributed by atoms with van der Waals surface area (Å²) in [7, 11) is 0. The zero-order valence-corrected chi connectivity index (χ0v) is 13.0. The van der Waals surface area contributed by atoms with Gasteiger partial charge in [0.2, 0.25) is 5.91 Å². The number of piperidine rings is 1. The van der Waals surface area contributed by atoms with Gasteiger partial charge in [-0.1, -0.05) is 0 Å². The highest BCUT2D eigenvalue weighted by Gasteiger charge is 2.32. The summed E-state index contributed by atoms with van der Waals surface area (Å²) in [6, 6.07) is 5.77. The Hall–Kier alpha value is -2.11. The van der Waals surface area contributed by atoms with Crippen LogP contribution in [-0.4, -0.2) is 42.5 Å². The first kappa shape index (κ1) is 15.8. The van der Waals surface area contributed by atoms with Gasteiger partial charge in [0.15, 0.2) is 6.61 Å². The molecule has 0 bridgehead atoms. The number of rotatable bonds is 5. The normalized spacial score (nSPS) is 18.6. The highest BCUT2D eigenvalue weighted by Crippen LogP contribution is 2.29. The topological polar surface area (TPSA) is 58.6 Å². The zero-order chi connectivity index (χ0) is 16.2. The number of carbonyl (C=O) groups is 2. The quantitative estimate of drug-likeness (QED) is 0.899. The number of amides is 2. The van der Waals surface area contributed by atoms with E-state index < -0.39 is 0 Å². The van der Waals surface area contributed by atoms with E-state index in [0.717, 1.165) is 25.7 Å². The van der Waals surface area contributed by atoms with Crippen molar-refractivity contribution in [1.29, 1.82) is 0 Å². The van der Waals surface area contributed by atoms with Gasteiger partial charge in [0, 0.05) is 25.0 Å². The van der Waals surface area contributed by atoms with Crippen LogP contribution in [0.2, 0.25) is 0 Å². The lowest BCUT2D eigenvalue weighted by Crippen LogP contribution is -2.48. The summed E-state index contributed by atoms with van der Waals surface area (Å²) in [5.74, 6) is 0.444. The van der Waals surface area contributed by atoms with Gasteiger partial charge >= 0.3 is 0 Å². The Labute approximate surface area is 134 Å². The molecule has 0 unspecified atom stereocenters. The SMILES string of the molecule is O=C(NC1CCN(C(=O)COc2ccc(F)cc2)CC1)C1CC1. The summed E-state index contributed by atoms with van der Waals surface area (Å²) < 4.78 is 18.2. The van der Waals surface area contributed by atoms with Crippen LogP contribution in [-0.2, 0) is 9.59 Å². The van der Waals surface area contributed by atoms with E-state index in [9.17, 15) is 14.0 Å². The molecule has 1 saturated heterocycles. The van der Waals surface area contributed by atoms with Crippen LogP contribution in [0.15, 0.2) is 24.3 Å². The second-order valence-electron chi connectivity index (χ2n) is 6.18. The molecule has 1 aliphatic carbocycles. The van der Waals surface area contributed by atoms with E-state index in [1.54, 1.807) is 4.90 Å². The van der Waals surface area contributed by atoms with Gasteiger partial charge < -0.3 is 15.0 Å². The van der Waals surface area contributed by atoms with Crippen molar-refractivity contribution in [1.82, 2.24) is 10.2 Å². The maximum atomic E-state index is 12.8. The van der Waals surface area contributed by atoms with Crippen LogP contribution in [0.5, 0.6) is 5.75 Å². The molecule has 0 radical (unpaired) electrons. The summed E-state index contributed by atoms with van der Waals surface area (Å²) in [6.45, 7) is 1.20. The second kappa shape index (κ2) is 6.98. The Morgan fingerprint density at radius 2 is 1.78 bits per heavy atom. The fraction of sp³-hybridized carbons (Fsp3) is 0.529. The summed E-state index contributed by atoms with van der Waals surface area (Å²) in [6.07, 6.45) is 3.56. The molecule has 124 valence electrons. The average molecular weight is 320 g/mol. The molecule has 23 heavy (non-hydrogen) atoms. The Morgan fingerprint density at radius 1 is 1.13 bits per heavy atom. The van der Waals surface area contributed by atoms with Crippen molar-refractivity contribution in [2.24, 2.45) is 5.92 Å². The van der Waals surface area contributed by atoms with E-state index in [2.05, 4.69) is 5.32 Å². The van der Waals surface area contributed by atoms with Gasteiger partial charge in [-0.3, -0.25) is 9.59 Å². The van der Waals surface area contributed by atoms with Crippen molar-refractivity contribution in [2.45, 2.75) is 31.7 Å². The van der Waals surface area contributed by atoms with Crippen LogP contribution >= 0.6 is 0 Å². The Balaban J connectivity index is 1.39. The van der Waals surface area contributed by atoms with Crippen LogP contribution in [0.1, 0.15) is 25.7 Å². The van der Waals surface area contributed by atoms with E-state index in [4.69, 9.17) is 4.74 Å². The number of halogens is 1. The fourth-order valence-electron chi connectivity index (χ4n) is 2.70. The monoisotopic (exact) mass is 320 g/mol. The van der Waals surface area contributed by atoms with Crippen molar-refractivity contribution >= 4 is 11.8 Å². The molecule has 1 saturated carbocycles. The largest absolute Gasteiger partial charge is 0.484 e. The number of hydrogen-bond acceptors (Lipinski definition) is 3. The van der Waals surface area contributed by atoms with Gasteiger partial charge in [0.25, 0.3) is 5.91 Å². The third-order valence-corrected chi connectivity index (χ3v) is 4.32. The number of likely N-dealkylation sites (tertiary alicyclic amines) is 1. The maximum absolute atomic E-state index is 12.8. The maximum Gasteiger partial charge on any atom is 0.260 e. The van der Waals surface area contributed by atoms with Crippen molar-refractivity contribution in [3.63, 3.8) is 0 Å². The lowest BCUT2D eigenvalue weighted by Gasteiger charge is -2.32. The van der Waals surface area contributed by atoms with Crippen molar-refractivity contribution in [3.05, 3.63) is 30.1 Å². The molecule has 6 heteroatoms. The van der Waals surface area contributed by atoms with Crippen LogP contribution in [0.3, 0.4) is 0 Å². The highest BCUT2D eigenvalue weighted by atomic mass is 19.1. The average Bonchev–Trinajstić information content (AvgIpc) is 3.40. The minimum atomic E-state index is -0.334. The Bertz CT molecular complexity index is 564. The minimum Gasteiger partial charge on any atom is -0.484 e. The number of benzene rings is 1. The molecule has 2 amide bonds. The molecule has 1 aromatic rings. The van der Waals surface area contributed by atoms with Gasteiger partial charge in [0.1, 0.15) is 11.6 Å². The lowest BCUT2D eigenvalue weighted by atomic mass is 10.0. The first-order chi connectivity index (χ1) is 11.1. The van der Waals surface area contributed by atoms with Gasteiger partial charge in [-0.2, -0.15) is 0 Å². The molecule has 2 aliphatic rings. The number of nitrogens with zero attached hydrogens (tertiary/aromatic N) is 1. The second-order valence-corrected chi connectivity index (χ2v) is 6.18. The summed E-state index contributed by atoms with van der Waals surface area (Å²) >= 11 is 0. The van der Waals surface area contributed by atoms with Crippen molar-refractivity contribution in [2.75, 3.05) is 19.7 Å². The summed E-state index contributed by atoms with van der Waals surface area (Å²) in [4.78, 5) is 25.6. The molecule has 1 N–H and O–H groups in total. The van der Waals surface area contributed by atoms with Crippen LogP contribution in [0.25, 0.3) is 0 Å². The lowest BCUT2D eigenvalue weighted by molar-refractivity contribution is -0.134. The first-order valence-electron chi connectivity index (χ1n) is 8.08. The van der Waals surface area contributed by atoms with Gasteiger partial charge in [-0.05, 0) is 49.9 Å². The number of ether oxygens (including phenoxy) is 1. The predicted molar refractivity (Wildman–Crippen MR) is 82.4 cm³/mol. The number of hydrogen-bond donors (Lipinski definition) is 1. The molecule has 1 aromatic carbocycles. The van der Waals surface area contributed by atoms with Crippen LogP contribution in [0.4, 0.5) is 4.39 Å². The molecule has 0 aromatic heterocycles. The molecular formula is C17H21FN2O3. The van der Waals surface area contributed by atoms with Gasteiger partial charge in [-0.25, -0.2) is 4.39 Å². The highest BCUT2D eigenvalue weighted by molar-refractivity contribution is 5.81. The molecule has 2 fully saturated rings. The number of nitrogens with one attached hydrogen (secondary N) is 1. The van der Waals surface area contributed by atoms with Gasteiger partial charge in [-0.15, -0.1) is 0 Å². The molecule has 1 aliphatic heterocycles. The number of carbonyl (C=O) groups excluding carboxylic acids is 2. The standard InChI is InChI=1S/C17H21FN2O3/c18-13-3-5-15(6-4-13)23-11-16(21)20-9-7-14(8-10-20)19-17(22)12-1-2-12/h3-6,12,14H,1-2,7-11H2,(H,19,22). The van der Waals surface area contributed by atoms with E-state index in [1.165, 1.54) is 24.3 Å². The molecule has 5 nitrogen and oxygen atoms in total. The Kier molecular flexibility index (Phi) is 4.79. The third kappa shape index (κ3) is 4.43. The van der Waals surface area contributed by atoms with E-state index in [0.29, 0.717) is 18.8 Å². The molecule has 0 atom stereocenters. The van der Waals surface area contributed by atoms with Crippen molar-refractivity contribution < 1.29 is 18.7 Å². The smallest absolute Gasteiger partial charge is 0.260 e. The fourth-order valence-corrected chi connectivity index (χ4v) is 2.70. The van der Waals surface area contributed by atoms with E-state index in [1.807, 2.05) is 0 Å². The van der Waals surface area contributed by atoms with E-state index >= 15 is 0 Å². The predicted octanol–water partition coefficient (Wildman–Crippen LogP) is 1.72. The zero-order valence-electron chi connectivity index (χ0n) is 13.0. The summed E-state index contributed by atoms with van der Waals surface area (Å²) in [5.41, 5.74) is 0. The van der Waals surface area contributed by atoms with Gasteiger partial charge in [0.05, 0.1) is 0 Å². The van der Waals surface area contributed by atoms with Crippen LogP contribution in [0, 0.1) is 11.7 Å². The minimum absolute atomic E-state index is 0.0509. The van der Waals surface area contributed by atoms with E-state index in [-0.39, 0.29) is 36.2 Å². The Morgan fingerprint density at radius 3 is 2.39 bits per heavy atom. The molecule has 1 heterocycles. The van der Waals surface area contributed by atoms with Crippen molar-refractivity contribution in [3.8, 4) is 5.75 Å². The summed E-state index contributed by atoms with van der Waals surface area (Å²) in [5, 5.41) is 3.06. The molecule has 0 spiro atoms.